The lowest BCUT2D eigenvalue weighted by atomic mass is 10.0. The lowest BCUT2D eigenvalue weighted by Crippen LogP contribution is -2.34. The second-order valence-electron chi connectivity index (χ2n) is 10.0. The molecular weight excluding hydrogens is 489 g/mol. The van der Waals surface area contributed by atoms with E-state index in [4.69, 9.17) is 10.5 Å². The first-order valence-electron chi connectivity index (χ1n) is 12.2. The molecule has 12 heteroatoms. The number of hydrogen-bond donors (Lipinski definition) is 2. The molecule has 0 saturated heterocycles. The number of benzene rings is 1. The second-order valence-corrected chi connectivity index (χ2v) is 10.0. The summed E-state index contributed by atoms with van der Waals surface area (Å²) in [6.07, 6.45) is 0.862. The van der Waals surface area contributed by atoms with E-state index in [1.807, 2.05) is 6.92 Å². The molecular formula is C25H25F3N6O3. The molecule has 6 rings (SSSR count). The van der Waals surface area contributed by atoms with E-state index >= 15 is 0 Å². The number of rotatable bonds is 7. The summed E-state index contributed by atoms with van der Waals surface area (Å²) in [7, 11) is 0. The molecule has 1 unspecified atom stereocenters. The second kappa shape index (κ2) is 8.35. The van der Waals surface area contributed by atoms with Crippen molar-refractivity contribution >= 4 is 23.3 Å². The Labute approximate surface area is 209 Å². The minimum absolute atomic E-state index is 0.0180. The van der Waals surface area contributed by atoms with Crippen molar-refractivity contribution in [1.82, 2.24) is 24.8 Å². The van der Waals surface area contributed by atoms with E-state index in [9.17, 15) is 22.8 Å². The van der Waals surface area contributed by atoms with E-state index in [-0.39, 0.29) is 58.8 Å². The summed E-state index contributed by atoms with van der Waals surface area (Å²) in [5, 5.41) is 7.04. The van der Waals surface area contributed by atoms with Gasteiger partial charge in [0, 0.05) is 30.4 Å². The Balaban J connectivity index is 1.41. The first-order valence-corrected chi connectivity index (χ1v) is 12.2. The molecule has 37 heavy (non-hydrogen) atoms. The molecule has 2 aliphatic carbocycles. The van der Waals surface area contributed by atoms with Crippen molar-refractivity contribution in [2.45, 2.75) is 57.4 Å². The SMILES string of the molecule is CC(C1CC1)N1Cc2cc(-c3ccn4nc(N)c(C(=O)NC5CC5)c4n3)cc(OCC(F)(F)F)c2C1=O. The maximum absolute atomic E-state index is 13.2. The normalized spacial score (nSPS) is 18.3. The zero-order valence-corrected chi connectivity index (χ0v) is 20.0. The Morgan fingerprint density at radius 1 is 1.27 bits per heavy atom. The summed E-state index contributed by atoms with van der Waals surface area (Å²) in [6, 6.07) is 4.86. The van der Waals surface area contributed by atoms with Crippen LogP contribution in [0.1, 0.15) is 58.9 Å². The molecule has 194 valence electrons. The summed E-state index contributed by atoms with van der Waals surface area (Å²) in [5.74, 6) is -0.418. The third-order valence-corrected chi connectivity index (χ3v) is 7.13. The summed E-state index contributed by atoms with van der Waals surface area (Å²) >= 11 is 0. The summed E-state index contributed by atoms with van der Waals surface area (Å²) in [5.41, 5.74) is 7.94. The topological polar surface area (TPSA) is 115 Å². The monoisotopic (exact) mass is 514 g/mol. The van der Waals surface area contributed by atoms with Crippen LogP contribution in [0.2, 0.25) is 0 Å². The Morgan fingerprint density at radius 2 is 2.03 bits per heavy atom. The van der Waals surface area contributed by atoms with Crippen LogP contribution in [0.5, 0.6) is 5.75 Å². The highest BCUT2D eigenvalue weighted by atomic mass is 19.4. The Morgan fingerprint density at radius 3 is 2.70 bits per heavy atom. The summed E-state index contributed by atoms with van der Waals surface area (Å²) in [6.45, 7) is 0.719. The van der Waals surface area contributed by atoms with Crippen molar-refractivity contribution in [3.8, 4) is 17.0 Å². The Kier molecular flexibility index (Phi) is 5.32. The van der Waals surface area contributed by atoms with Crippen LogP contribution in [-0.4, -0.2) is 56.2 Å². The van der Waals surface area contributed by atoms with Crippen LogP contribution in [0.15, 0.2) is 24.4 Å². The zero-order valence-electron chi connectivity index (χ0n) is 20.0. The van der Waals surface area contributed by atoms with E-state index < -0.39 is 12.8 Å². The molecule has 3 aromatic rings. The van der Waals surface area contributed by atoms with Crippen LogP contribution in [0.4, 0.5) is 19.0 Å². The van der Waals surface area contributed by atoms with Gasteiger partial charge in [-0.3, -0.25) is 9.59 Å². The van der Waals surface area contributed by atoms with E-state index in [1.54, 1.807) is 23.2 Å². The predicted octanol–water partition coefficient (Wildman–Crippen LogP) is 3.57. The number of alkyl halides is 3. The number of nitrogens with one attached hydrogen (secondary N) is 1. The molecule has 3 N–H and O–H groups in total. The van der Waals surface area contributed by atoms with Gasteiger partial charge in [0.2, 0.25) is 0 Å². The fraction of sp³-hybridized carbons (Fsp3) is 0.440. The number of nitrogen functional groups attached to an aromatic ring is 1. The quantitative estimate of drug-likeness (QED) is 0.498. The molecule has 1 atom stereocenters. The van der Waals surface area contributed by atoms with Gasteiger partial charge in [-0.05, 0) is 62.3 Å². The van der Waals surface area contributed by atoms with E-state index in [1.165, 1.54) is 10.6 Å². The largest absolute Gasteiger partial charge is 0.483 e. The van der Waals surface area contributed by atoms with Crippen molar-refractivity contribution in [2.24, 2.45) is 5.92 Å². The molecule has 2 fully saturated rings. The highest BCUT2D eigenvalue weighted by molar-refractivity contribution is 6.05. The maximum atomic E-state index is 13.2. The number of nitrogens with two attached hydrogens (primary N) is 1. The number of halogens is 3. The number of aromatic nitrogens is 3. The Bertz CT molecular complexity index is 1430. The number of amides is 2. The minimum atomic E-state index is -4.57. The van der Waals surface area contributed by atoms with Gasteiger partial charge in [0.1, 0.15) is 11.3 Å². The molecule has 0 bridgehead atoms. The third-order valence-electron chi connectivity index (χ3n) is 7.13. The van der Waals surface area contributed by atoms with Gasteiger partial charge in [-0.1, -0.05) is 0 Å². The van der Waals surface area contributed by atoms with Gasteiger partial charge in [-0.25, -0.2) is 9.50 Å². The van der Waals surface area contributed by atoms with Crippen LogP contribution in [0.3, 0.4) is 0 Å². The van der Waals surface area contributed by atoms with Crippen LogP contribution in [-0.2, 0) is 6.54 Å². The average molecular weight is 515 g/mol. The third kappa shape index (κ3) is 4.44. The molecule has 1 aromatic carbocycles. The number of carbonyl (C=O) groups excluding carboxylic acids is 2. The van der Waals surface area contributed by atoms with Gasteiger partial charge in [0.15, 0.2) is 18.1 Å². The van der Waals surface area contributed by atoms with Crippen molar-refractivity contribution in [2.75, 3.05) is 12.3 Å². The van der Waals surface area contributed by atoms with Gasteiger partial charge in [0.05, 0.1) is 11.3 Å². The van der Waals surface area contributed by atoms with E-state index in [2.05, 4.69) is 15.4 Å². The molecule has 3 aliphatic rings. The number of nitrogens with zero attached hydrogens (tertiary/aromatic N) is 4. The molecule has 9 nitrogen and oxygen atoms in total. The molecule has 0 spiro atoms. The van der Waals surface area contributed by atoms with E-state index in [0.717, 1.165) is 25.7 Å². The minimum Gasteiger partial charge on any atom is -0.483 e. The lowest BCUT2D eigenvalue weighted by Gasteiger charge is -2.24. The van der Waals surface area contributed by atoms with Crippen LogP contribution in [0.25, 0.3) is 16.9 Å². The fourth-order valence-electron chi connectivity index (χ4n) is 4.83. The Hall–Kier alpha value is -3.83. The molecule has 2 saturated carbocycles. The molecule has 1 aliphatic heterocycles. The number of fused-ring (bicyclic) bond motifs is 2. The van der Waals surface area contributed by atoms with Crippen LogP contribution < -0.4 is 15.8 Å². The maximum Gasteiger partial charge on any atom is 0.422 e. The van der Waals surface area contributed by atoms with E-state index in [0.29, 0.717) is 22.7 Å². The van der Waals surface area contributed by atoms with Crippen LogP contribution >= 0.6 is 0 Å². The summed E-state index contributed by atoms with van der Waals surface area (Å²) < 4.78 is 45.6. The van der Waals surface area contributed by atoms with Gasteiger partial charge < -0.3 is 20.7 Å². The van der Waals surface area contributed by atoms with Crippen molar-refractivity contribution < 1.29 is 27.5 Å². The predicted molar refractivity (Wildman–Crippen MR) is 127 cm³/mol. The smallest absolute Gasteiger partial charge is 0.422 e. The number of ether oxygens (including phenoxy) is 1. The van der Waals surface area contributed by atoms with Gasteiger partial charge in [-0.2, -0.15) is 13.2 Å². The highest BCUT2D eigenvalue weighted by Gasteiger charge is 2.41. The molecule has 3 heterocycles. The highest BCUT2D eigenvalue weighted by Crippen LogP contribution is 2.42. The lowest BCUT2D eigenvalue weighted by molar-refractivity contribution is -0.153. The fourth-order valence-corrected chi connectivity index (χ4v) is 4.83. The number of carbonyl (C=O) groups is 2. The standard InChI is InChI=1S/C25H25F3N6O3/c1-12(13-2-3-13)33-10-15-8-14(9-18(19(15)24(33)36)37-11-25(26,27)28)17-6-7-34-22(31-17)20(21(29)32-34)23(35)30-16-4-5-16/h6-9,12-13,16H,2-5,10-11H2,1H3,(H2,29,32)(H,30,35). The van der Waals surface area contributed by atoms with Crippen LogP contribution in [0, 0.1) is 5.92 Å². The van der Waals surface area contributed by atoms with Gasteiger partial charge >= 0.3 is 6.18 Å². The molecule has 0 radical (unpaired) electrons. The zero-order chi connectivity index (χ0) is 26.1. The first kappa shape index (κ1) is 23.6. The van der Waals surface area contributed by atoms with Gasteiger partial charge in [-0.15, -0.1) is 5.10 Å². The molecule has 2 amide bonds. The summed E-state index contributed by atoms with van der Waals surface area (Å²) in [4.78, 5) is 32.3. The van der Waals surface area contributed by atoms with Crippen molar-refractivity contribution in [3.05, 3.63) is 41.1 Å². The molecule has 2 aromatic heterocycles. The first-order chi connectivity index (χ1) is 17.6. The number of hydrogen-bond acceptors (Lipinski definition) is 6. The number of anilines is 1. The van der Waals surface area contributed by atoms with Crippen molar-refractivity contribution in [3.63, 3.8) is 0 Å². The van der Waals surface area contributed by atoms with Gasteiger partial charge in [0.25, 0.3) is 11.8 Å². The average Bonchev–Trinajstić information content (AvgIpc) is 3.77. The van der Waals surface area contributed by atoms with Crippen molar-refractivity contribution in [1.29, 1.82) is 0 Å².